The van der Waals surface area contributed by atoms with Gasteiger partial charge in [-0.05, 0) is 24.6 Å². The number of rotatable bonds is 9. The number of hydrogen-bond acceptors (Lipinski definition) is 2. The highest BCUT2D eigenvalue weighted by atomic mass is 16.5. The Morgan fingerprint density at radius 1 is 1.16 bits per heavy atom. The van der Waals surface area contributed by atoms with Gasteiger partial charge in [0.25, 0.3) is 0 Å². The third-order valence-corrected chi connectivity index (χ3v) is 4.25. The van der Waals surface area contributed by atoms with E-state index >= 15 is 0 Å². The van der Waals surface area contributed by atoms with Gasteiger partial charge in [0.2, 0.25) is 0 Å². The number of carbonyl (C=O) groups is 1. The monoisotopic (exact) mass is 338 g/mol. The van der Waals surface area contributed by atoms with Crippen molar-refractivity contribution in [2.45, 2.75) is 19.8 Å². The summed E-state index contributed by atoms with van der Waals surface area (Å²) < 4.78 is 6.40. The number of ether oxygens (including phenoxy) is 1. The van der Waals surface area contributed by atoms with Crippen LogP contribution in [0.4, 0.5) is 5.69 Å². The van der Waals surface area contributed by atoms with Crippen molar-refractivity contribution in [1.82, 2.24) is 4.48 Å². The molecular formula is C22H28NO2+. The van der Waals surface area contributed by atoms with E-state index in [9.17, 15) is 4.79 Å². The smallest absolute Gasteiger partial charge is 0.199 e. The quantitative estimate of drug-likeness (QED) is 0.283. The van der Waals surface area contributed by atoms with Gasteiger partial charge in [-0.1, -0.05) is 50.3 Å². The highest BCUT2D eigenvalue weighted by molar-refractivity contribution is 6.12. The molecule has 0 aromatic heterocycles. The molecule has 3 heteroatoms. The van der Waals surface area contributed by atoms with Crippen LogP contribution in [-0.2, 0) is 0 Å². The molecule has 0 bridgehead atoms. The van der Waals surface area contributed by atoms with Crippen LogP contribution in [0.15, 0.2) is 61.2 Å². The molecule has 0 N–H and O–H groups in total. The summed E-state index contributed by atoms with van der Waals surface area (Å²) in [4.78, 5) is 13.0. The van der Waals surface area contributed by atoms with E-state index < -0.39 is 0 Å². The Bertz CT molecular complexity index is 720. The summed E-state index contributed by atoms with van der Waals surface area (Å²) in [5, 5.41) is 0. The number of unbranched alkanes of at least 4 members (excludes halogenated alkanes) is 1. The van der Waals surface area contributed by atoms with E-state index in [1.807, 2.05) is 54.6 Å². The largest absolute Gasteiger partial charge is 0.493 e. The Labute approximate surface area is 151 Å². The normalized spacial score (nSPS) is 11.2. The zero-order valence-electron chi connectivity index (χ0n) is 15.5. The molecule has 25 heavy (non-hydrogen) atoms. The lowest BCUT2D eigenvalue weighted by Crippen LogP contribution is -2.41. The SMILES string of the molecule is C=CC[N+](C)(C)c1cc(OCCCC)ccc1C(=O)c1ccccc1. The summed E-state index contributed by atoms with van der Waals surface area (Å²) in [7, 11) is 4.16. The molecule has 2 rings (SSSR count). The van der Waals surface area contributed by atoms with Crippen LogP contribution in [0.25, 0.3) is 0 Å². The molecule has 0 fully saturated rings. The molecule has 0 aliphatic heterocycles. The van der Waals surface area contributed by atoms with Crippen LogP contribution in [0.5, 0.6) is 5.75 Å². The Morgan fingerprint density at radius 2 is 1.88 bits per heavy atom. The second-order valence-electron chi connectivity index (χ2n) is 6.73. The first-order valence-electron chi connectivity index (χ1n) is 8.80. The lowest BCUT2D eigenvalue weighted by molar-refractivity contribution is 0.103. The van der Waals surface area contributed by atoms with Gasteiger partial charge in [-0.2, -0.15) is 0 Å². The van der Waals surface area contributed by atoms with Crippen molar-refractivity contribution in [3.8, 4) is 5.75 Å². The average Bonchev–Trinajstić information content (AvgIpc) is 2.62. The lowest BCUT2D eigenvalue weighted by atomic mass is 10.00. The van der Waals surface area contributed by atoms with E-state index in [0.717, 1.165) is 30.8 Å². The molecule has 0 aliphatic carbocycles. The van der Waals surface area contributed by atoms with Gasteiger partial charge in [0.15, 0.2) is 5.78 Å². The van der Waals surface area contributed by atoms with Crippen molar-refractivity contribution in [1.29, 1.82) is 0 Å². The third kappa shape index (κ3) is 4.80. The second-order valence-corrected chi connectivity index (χ2v) is 6.73. The first-order valence-corrected chi connectivity index (χ1v) is 8.80. The molecule has 0 amide bonds. The van der Waals surface area contributed by atoms with Crippen molar-refractivity contribution < 1.29 is 9.53 Å². The maximum absolute atomic E-state index is 13.0. The molecule has 132 valence electrons. The summed E-state index contributed by atoms with van der Waals surface area (Å²) in [6.07, 6.45) is 3.99. The summed E-state index contributed by atoms with van der Waals surface area (Å²) in [6, 6.07) is 15.2. The number of hydrogen-bond donors (Lipinski definition) is 0. The second kappa shape index (κ2) is 8.63. The highest BCUT2D eigenvalue weighted by Crippen LogP contribution is 2.31. The van der Waals surface area contributed by atoms with Crippen LogP contribution in [0.1, 0.15) is 35.7 Å². The van der Waals surface area contributed by atoms with E-state index in [-0.39, 0.29) is 5.78 Å². The predicted octanol–water partition coefficient (Wildman–Crippen LogP) is 4.85. The van der Waals surface area contributed by atoms with Crippen LogP contribution < -0.4 is 9.22 Å². The summed E-state index contributed by atoms with van der Waals surface area (Å²) >= 11 is 0. The Hall–Kier alpha value is -2.39. The van der Waals surface area contributed by atoms with Gasteiger partial charge >= 0.3 is 0 Å². The summed E-state index contributed by atoms with van der Waals surface area (Å²) in [6.45, 7) is 7.42. The molecular weight excluding hydrogens is 310 g/mol. The first kappa shape index (κ1) is 18.9. The zero-order chi connectivity index (χ0) is 18.3. The number of nitrogens with zero attached hydrogens (tertiary/aromatic N) is 1. The molecule has 3 nitrogen and oxygen atoms in total. The van der Waals surface area contributed by atoms with Crippen LogP contribution in [0, 0.1) is 0 Å². The van der Waals surface area contributed by atoms with Crippen molar-refractivity contribution in [3.05, 3.63) is 72.3 Å². The van der Waals surface area contributed by atoms with Gasteiger partial charge in [-0.3, -0.25) is 9.28 Å². The van der Waals surface area contributed by atoms with E-state index in [1.165, 1.54) is 0 Å². The molecule has 0 saturated heterocycles. The maximum Gasteiger partial charge on any atom is 0.199 e. The van der Waals surface area contributed by atoms with Gasteiger partial charge in [0.1, 0.15) is 18.0 Å². The van der Waals surface area contributed by atoms with Gasteiger partial charge < -0.3 is 4.74 Å². The van der Waals surface area contributed by atoms with Gasteiger partial charge in [0, 0.05) is 11.6 Å². The topological polar surface area (TPSA) is 26.3 Å². The van der Waals surface area contributed by atoms with Crippen molar-refractivity contribution in [2.24, 2.45) is 0 Å². The van der Waals surface area contributed by atoms with Gasteiger partial charge in [-0.15, -0.1) is 0 Å². The van der Waals surface area contributed by atoms with E-state index in [2.05, 4.69) is 27.6 Å². The third-order valence-electron chi connectivity index (χ3n) is 4.25. The van der Waals surface area contributed by atoms with Gasteiger partial charge in [-0.25, -0.2) is 0 Å². The molecule has 0 unspecified atom stereocenters. The number of carbonyl (C=O) groups excluding carboxylic acids is 1. The molecule has 0 aliphatic rings. The zero-order valence-corrected chi connectivity index (χ0v) is 15.5. The molecule has 0 atom stereocenters. The van der Waals surface area contributed by atoms with E-state index in [0.29, 0.717) is 22.2 Å². The lowest BCUT2D eigenvalue weighted by Gasteiger charge is -2.30. The fraction of sp³-hybridized carbons (Fsp3) is 0.318. The van der Waals surface area contributed by atoms with Crippen LogP contribution in [0.2, 0.25) is 0 Å². The van der Waals surface area contributed by atoms with Crippen molar-refractivity contribution in [2.75, 3.05) is 27.2 Å². The van der Waals surface area contributed by atoms with E-state index in [4.69, 9.17) is 4.74 Å². The number of quaternary nitrogens is 1. The Morgan fingerprint density at radius 3 is 2.52 bits per heavy atom. The molecule has 2 aromatic rings. The first-order chi connectivity index (χ1) is 12.0. The van der Waals surface area contributed by atoms with E-state index in [1.54, 1.807) is 0 Å². The molecule has 0 radical (unpaired) electrons. The Balaban J connectivity index is 2.44. The standard InChI is InChI=1S/C22H28NO2/c1-5-7-16-25-19-13-14-20(21(17-19)23(3,4)15-6-2)22(24)18-11-9-8-10-12-18/h6,8-14,17H,2,5,7,15-16H2,1,3-4H3/q+1. The highest BCUT2D eigenvalue weighted by Gasteiger charge is 2.26. The maximum atomic E-state index is 13.0. The minimum absolute atomic E-state index is 0.0333. The van der Waals surface area contributed by atoms with Crippen LogP contribution >= 0.6 is 0 Å². The predicted molar refractivity (Wildman–Crippen MR) is 105 cm³/mol. The summed E-state index contributed by atoms with van der Waals surface area (Å²) in [5.74, 6) is 0.842. The average molecular weight is 338 g/mol. The number of benzene rings is 2. The van der Waals surface area contributed by atoms with Crippen LogP contribution in [0.3, 0.4) is 0 Å². The molecule has 0 heterocycles. The fourth-order valence-corrected chi connectivity index (χ4v) is 2.79. The molecule has 0 spiro atoms. The van der Waals surface area contributed by atoms with Crippen molar-refractivity contribution in [3.63, 3.8) is 0 Å². The Kier molecular flexibility index (Phi) is 6.54. The fourth-order valence-electron chi connectivity index (χ4n) is 2.79. The molecule has 0 saturated carbocycles. The number of ketones is 1. The summed E-state index contributed by atoms with van der Waals surface area (Å²) in [5.41, 5.74) is 2.35. The van der Waals surface area contributed by atoms with Gasteiger partial charge in [0.05, 0.1) is 26.3 Å². The van der Waals surface area contributed by atoms with Crippen LogP contribution in [-0.4, -0.2) is 33.0 Å². The minimum Gasteiger partial charge on any atom is -0.493 e. The van der Waals surface area contributed by atoms with Crippen molar-refractivity contribution >= 4 is 11.5 Å². The number of likely N-dealkylation sites (N-methyl/N-ethyl adjacent to an activating group) is 1. The molecule has 2 aromatic carbocycles. The minimum atomic E-state index is 0.0333.